The SMILES string of the molecule is CCC1(N)N=C(Nc2ccnn2C)NC=C1C(F)(F)F. The Bertz CT molecular complexity index is 559. The number of anilines is 1. The molecule has 0 spiro atoms. The first-order chi connectivity index (χ1) is 9.26. The molecule has 0 aromatic carbocycles. The lowest BCUT2D eigenvalue weighted by Crippen LogP contribution is -2.51. The van der Waals surface area contributed by atoms with Crippen LogP contribution in [0.15, 0.2) is 29.0 Å². The molecule has 6 nitrogen and oxygen atoms in total. The second-order valence-corrected chi connectivity index (χ2v) is 4.40. The Labute approximate surface area is 113 Å². The Morgan fingerprint density at radius 1 is 1.50 bits per heavy atom. The summed E-state index contributed by atoms with van der Waals surface area (Å²) < 4.78 is 40.2. The van der Waals surface area contributed by atoms with Crippen molar-refractivity contribution in [1.82, 2.24) is 15.1 Å². The van der Waals surface area contributed by atoms with Crippen molar-refractivity contribution >= 4 is 11.8 Å². The molecule has 0 saturated carbocycles. The largest absolute Gasteiger partial charge is 0.417 e. The van der Waals surface area contributed by atoms with E-state index in [2.05, 4.69) is 20.7 Å². The standard InChI is InChI=1S/C11H15F3N6/c1-3-10(15)7(11(12,13)14)6-16-9(19-10)18-8-4-5-17-20(8)2/h4-6H,3,15H2,1-2H3,(H2,16,18,19). The van der Waals surface area contributed by atoms with Gasteiger partial charge in [-0.15, -0.1) is 0 Å². The molecule has 20 heavy (non-hydrogen) atoms. The molecule has 2 heterocycles. The first kappa shape index (κ1) is 14.4. The highest BCUT2D eigenvalue weighted by Crippen LogP contribution is 2.36. The van der Waals surface area contributed by atoms with Crippen molar-refractivity contribution in [1.29, 1.82) is 0 Å². The summed E-state index contributed by atoms with van der Waals surface area (Å²) in [5.74, 6) is 0.726. The second-order valence-electron chi connectivity index (χ2n) is 4.40. The van der Waals surface area contributed by atoms with Crippen LogP contribution in [-0.2, 0) is 7.05 Å². The summed E-state index contributed by atoms with van der Waals surface area (Å²) >= 11 is 0. The molecule has 1 aliphatic heterocycles. The van der Waals surface area contributed by atoms with E-state index >= 15 is 0 Å². The number of halogens is 3. The fourth-order valence-corrected chi connectivity index (χ4v) is 1.84. The molecule has 0 bridgehead atoms. The van der Waals surface area contributed by atoms with Gasteiger partial charge in [-0.05, 0) is 6.42 Å². The number of guanidine groups is 1. The highest BCUT2D eigenvalue weighted by molar-refractivity contribution is 5.94. The normalized spacial score (nSPS) is 22.9. The minimum Gasteiger partial charge on any atom is -0.332 e. The van der Waals surface area contributed by atoms with Crippen LogP contribution < -0.4 is 16.4 Å². The van der Waals surface area contributed by atoms with Gasteiger partial charge in [-0.2, -0.15) is 18.3 Å². The zero-order chi connectivity index (χ0) is 15.0. The molecule has 0 fully saturated rings. The third-order valence-electron chi connectivity index (χ3n) is 3.04. The topological polar surface area (TPSA) is 80.3 Å². The van der Waals surface area contributed by atoms with Crippen LogP contribution in [0, 0.1) is 0 Å². The summed E-state index contributed by atoms with van der Waals surface area (Å²) in [5, 5.41) is 9.24. The molecule has 1 aromatic heterocycles. The minimum absolute atomic E-state index is 0.0244. The van der Waals surface area contributed by atoms with Gasteiger partial charge in [-0.25, -0.2) is 4.99 Å². The number of nitrogens with one attached hydrogen (secondary N) is 2. The van der Waals surface area contributed by atoms with E-state index in [-0.39, 0.29) is 12.4 Å². The number of nitrogens with zero attached hydrogens (tertiary/aromatic N) is 3. The highest BCUT2D eigenvalue weighted by atomic mass is 19.4. The maximum absolute atomic E-state index is 12.9. The first-order valence-electron chi connectivity index (χ1n) is 5.94. The first-order valence-corrected chi connectivity index (χ1v) is 5.94. The van der Waals surface area contributed by atoms with Crippen molar-refractivity contribution in [2.45, 2.75) is 25.2 Å². The molecule has 1 unspecified atom stereocenters. The van der Waals surface area contributed by atoms with Gasteiger partial charge in [0.15, 0.2) is 0 Å². The van der Waals surface area contributed by atoms with Crippen molar-refractivity contribution in [3.05, 3.63) is 24.0 Å². The molecule has 0 amide bonds. The van der Waals surface area contributed by atoms with Gasteiger partial charge in [0.1, 0.15) is 11.5 Å². The lowest BCUT2D eigenvalue weighted by Gasteiger charge is -2.32. The van der Waals surface area contributed by atoms with E-state index in [4.69, 9.17) is 5.73 Å². The Balaban J connectivity index is 2.26. The zero-order valence-corrected chi connectivity index (χ0v) is 11.0. The van der Waals surface area contributed by atoms with Crippen molar-refractivity contribution in [2.75, 3.05) is 5.32 Å². The summed E-state index contributed by atoms with van der Waals surface area (Å²) in [5.41, 5.74) is 3.07. The average Bonchev–Trinajstić information content (AvgIpc) is 2.73. The molecule has 1 atom stereocenters. The van der Waals surface area contributed by atoms with E-state index in [1.165, 1.54) is 4.68 Å². The van der Waals surface area contributed by atoms with E-state index in [1.54, 1.807) is 26.2 Å². The van der Waals surface area contributed by atoms with Gasteiger partial charge in [0, 0.05) is 19.3 Å². The molecule has 2 rings (SSSR count). The fourth-order valence-electron chi connectivity index (χ4n) is 1.84. The molecular formula is C11H15F3N6. The number of rotatable bonds is 2. The van der Waals surface area contributed by atoms with Crippen LogP contribution in [-0.4, -0.2) is 27.6 Å². The molecule has 1 aromatic rings. The molecule has 0 aliphatic carbocycles. The smallest absolute Gasteiger partial charge is 0.332 e. The van der Waals surface area contributed by atoms with Crippen molar-refractivity contribution < 1.29 is 13.2 Å². The van der Waals surface area contributed by atoms with Gasteiger partial charge in [0.25, 0.3) is 0 Å². The maximum Gasteiger partial charge on any atom is 0.417 e. The van der Waals surface area contributed by atoms with Crippen LogP contribution >= 0.6 is 0 Å². The summed E-state index contributed by atoms with van der Waals surface area (Å²) in [6, 6.07) is 1.66. The van der Waals surface area contributed by atoms with Crippen LogP contribution in [0.25, 0.3) is 0 Å². The number of aliphatic imine (C=N–C) groups is 1. The van der Waals surface area contributed by atoms with Crippen molar-refractivity contribution in [3.63, 3.8) is 0 Å². The highest BCUT2D eigenvalue weighted by Gasteiger charge is 2.47. The van der Waals surface area contributed by atoms with Crippen LogP contribution in [0.5, 0.6) is 0 Å². The summed E-state index contributed by atoms with van der Waals surface area (Å²) in [6.07, 6.45) is -2.11. The molecule has 1 aliphatic rings. The fraction of sp³-hybridized carbons (Fsp3) is 0.455. The molecule has 0 radical (unpaired) electrons. The Morgan fingerprint density at radius 2 is 2.20 bits per heavy atom. The number of aromatic nitrogens is 2. The number of hydrogen-bond acceptors (Lipinski definition) is 5. The second kappa shape index (κ2) is 4.82. The number of nitrogens with two attached hydrogens (primary N) is 1. The van der Waals surface area contributed by atoms with E-state index in [9.17, 15) is 13.2 Å². The van der Waals surface area contributed by atoms with E-state index in [1.807, 2.05) is 0 Å². The Kier molecular flexibility index (Phi) is 3.46. The lowest BCUT2D eigenvalue weighted by atomic mass is 9.97. The van der Waals surface area contributed by atoms with Crippen LogP contribution in [0.2, 0.25) is 0 Å². The zero-order valence-electron chi connectivity index (χ0n) is 11.0. The Morgan fingerprint density at radius 3 is 2.70 bits per heavy atom. The van der Waals surface area contributed by atoms with Crippen molar-refractivity contribution in [2.24, 2.45) is 17.8 Å². The average molecular weight is 288 g/mol. The number of hydrogen-bond donors (Lipinski definition) is 3. The van der Waals surface area contributed by atoms with Gasteiger partial charge in [-0.3, -0.25) is 4.68 Å². The monoisotopic (exact) mass is 288 g/mol. The summed E-state index contributed by atoms with van der Waals surface area (Å²) in [7, 11) is 1.69. The Hall–Kier alpha value is -2.03. The predicted octanol–water partition coefficient (Wildman–Crippen LogP) is 1.30. The quantitative estimate of drug-likeness (QED) is 0.766. The van der Waals surface area contributed by atoms with Crippen molar-refractivity contribution in [3.8, 4) is 0 Å². The lowest BCUT2D eigenvalue weighted by molar-refractivity contribution is -0.101. The van der Waals surface area contributed by atoms with E-state index in [0.717, 1.165) is 6.20 Å². The number of alkyl halides is 3. The third-order valence-corrected chi connectivity index (χ3v) is 3.04. The van der Waals surface area contributed by atoms with Crippen LogP contribution in [0.4, 0.5) is 19.0 Å². The summed E-state index contributed by atoms with van der Waals surface area (Å²) in [6.45, 7) is 1.55. The van der Waals surface area contributed by atoms with Gasteiger partial charge in [0.05, 0.1) is 11.8 Å². The van der Waals surface area contributed by atoms with E-state index in [0.29, 0.717) is 5.82 Å². The molecular weight excluding hydrogens is 273 g/mol. The molecule has 9 heteroatoms. The molecule has 0 saturated heterocycles. The number of aryl methyl sites for hydroxylation is 1. The minimum atomic E-state index is -4.53. The van der Waals surface area contributed by atoms with Gasteiger partial charge in [0.2, 0.25) is 5.96 Å². The van der Waals surface area contributed by atoms with Gasteiger partial charge >= 0.3 is 6.18 Å². The van der Waals surface area contributed by atoms with Gasteiger partial charge < -0.3 is 16.4 Å². The van der Waals surface area contributed by atoms with Crippen LogP contribution in [0.3, 0.4) is 0 Å². The van der Waals surface area contributed by atoms with Gasteiger partial charge in [-0.1, -0.05) is 6.92 Å². The van der Waals surface area contributed by atoms with E-state index < -0.39 is 17.4 Å². The third kappa shape index (κ3) is 2.62. The van der Waals surface area contributed by atoms with Crippen LogP contribution in [0.1, 0.15) is 13.3 Å². The predicted molar refractivity (Wildman–Crippen MR) is 68.7 cm³/mol. The maximum atomic E-state index is 12.9. The molecule has 4 N–H and O–H groups in total. The summed E-state index contributed by atoms with van der Waals surface area (Å²) in [4.78, 5) is 3.94. The molecule has 110 valence electrons.